The Morgan fingerprint density at radius 2 is 1.87 bits per heavy atom. The van der Waals surface area contributed by atoms with Gasteiger partial charge in [0.1, 0.15) is 11.3 Å². The Morgan fingerprint density at radius 3 is 2.52 bits per heavy atom. The molecule has 1 aliphatic rings. The van der Waals surface area contributed by atoms with Crippen molar-refractivity contribution in [3.8, 4) is 5.75 Å². The summed E-state index contributed by atoms with van der Waals surface area (Å²) in [6.45, 7) is -0.197. The molecule has 0 bridgehead atoms. The number of hydrogen-bond donors (Lipinski definition) is 2. The maximum absolute atomic E-state index is 11.9. The van der Waals surface area contributed by atoms with E-state index in [-0.39, 0.29) is 6.61 Å². The standard InChI is InChI=1S/C17H16BrNO4/c18-13-4-2-12-9-14(5-3-11(12)8-13)23-10-15(20)19-17(16(21)22)6-1-7-17/h2-5,8-9H,1,6-7,10H2,(H,19,20)(H,21,22). The summed E-state index contributed by atoms with van der Waals surface area (Å²) in [7, 11) is 0. The van der Waals surface area contributed by atoms with E-state index in [2.05, 4.69) is 21.2 Å². The van der Waals surface area contributed by atoms with Gasteiger partial charge in [-0.2, -0.15) is 0 Å². The lowest BCUT2D eigenvalue weighted by atomic mass is 9.77. The lowest BCUT2D eigenvalue weighted by Gasteiger charge is -2.38. The molecule has 0 radical (unpaired) electrons. The Labute approximate surface area is 141 Å². The number of halogens is 1. The number of rotatable bonds is 5. The average Bonchev–Trinajstić information content (AvgIpc) is 2.48. The van der Waals surface area contributed by atoms with Crippen LogP contribution in [-0.2, 0) is 9.59 Å². The molecule has 1 aliphatic carbocycles. The van der Waals surface area contributed by atoms with E-state index in [1.807, 2.05) is 30.3 Å². The monoisotopic (exact) mass is 377 g/mol. The number of nitrogens with one attached hydrogen (secondary N) is 1. The molecule has 0 saturated heterocycles. The molecule has 23 heavy (non-hydrogen) atoms. The fraction of sp³-hybridized carbons (Fsp3) is 0.294. The number of carbonyl (C=O) groups excluding carboxylic acids is 1. The summed E-state index contributed by atoms with van der Waals surface area (Å²) in [5.41, 5.74) is -1.10. The molecule has 1 amide bonds. The van der Waals surface area contributed by atoms with Gasteiger partial charge in [0.15, 0.2) is 6.61 Å². The normalized spacial score (nSPS) is 15.7. The molecule has 0 heterocycles. The van der Waals surface area contributed by atoms with E-state index in [0.717, 1.165) is 21.7 Å². The summed E-state index contributed by atoms with van der Waals surface area (Å²) in [5.74, 6) is -0.815. The topological polar surface area (TPSA) is 75.6 Å². The summed E-state index contributed by atoms with van der Waals surface area (Å²) >= 11 is 3.42. The van der Waals surface area contributed by atoms with Crippen LogP contribution in [0, 0.1) is 0 Å². The first-order valence-electron chi connectivity index (χ1n) is 7.35. The van der Waals surface area contributed by atoms with E-state index >= 15 is 0 Å². The molecule has 1 fully saturated rings. The van der Waals surface area contributed by atoms with Gasteiger partial charge in [0.25, 0.3) is 5.91 Å². The Morgan fingerprint density at radius 1 is 1.17 bits per heavy atom. The number of carboxylic acid groups (broad SMARTS) is 1. The zero-order chi connectivity index (χ0) is 16.4. The minimum atomic E-state index is -1.10. The van der Waals surface area contributed by atoms with Crippen molar-refractivity contribution in [2.75, 3.05) is 6.61 Å². The summed E-state index contributed by atoms with van der Waals surface area (Å²) in [6, 6.07) is 11.5. The van der Waals surface area contributed by atoms with Crippen molar-refractivity contribution in [2.24, 2.45) is 0 Å². The largest absolute Gasteiger partial charge is 0.484 e. The first-order valence-corrected chi connectivity index (χ1v) is 8.14. The molecule has 2 aromatic carbocycles. The van der Waals surface area contributed by atoms with Crippen LogP contribution in [0.5, 0.6) is 5.75 Å². The highest BCUT2D eigenvalue weighted by Gasteiger charge is 2.45. The number of hydrogen-bond acceptors (Lipinski definition) is 3. The summed E-state index contributed by atoms with van der Waals surface area (Å²) in [5, 5.41) is 13.8. The molecule has 0 atom stereocenters. The predicted molar refractivity (Wildman–Crippen MR) is 89.5 cm³/mol. The van der Waals surface area contributed by atoms with Gasteiger partial charge in [-0.15, -0.1) is 0 Å². The van der Waals surface area contributed by atoms with Crippen LogP contribution >= 0.6 is 15.9 Å². The highest BCUT2D eigenvalue weighted by Crippen LogP contribution is 2.32. The summed E-state index contributed by atoms with van der Waals surface area (Å²) in [6.07, 6.45) is 1.76. The Balaban J connectivity index is 1.63. The first-order chi connectivity index (χ1) is 11.0. The Hall–Kier alpha value is -2.08. The van der Waals surface area contributed by atoms with Crippen LogP contribution in [0.1, 0.15) is 19.3 Å². The van der Waals surface area contributed by atoms with E-state index in [4.69, 9.17) is 4.74 Å². The van der Waals surface area contributed by atoms with Crippen molar-refractivity contribution in [1.29, 1.82) is 0 Å². The highest BCUT2D eigenvalue weighted by atomic mass is 79.9. The molecule has 120 valence electrons. The number of amides is 1. The second kappa shape index (κ2) is 6.20. The van der Waals surface area contributed by atoms with Gasteiger partial charge in [-0.25, -0.2) is 4.79 Å². The number of carboxylic acids is 1. The minimum absolute atomic E-state index is 0.197. The van der Waals surface area contributed by atoms with Crippen LogP contribution in [-0.4, -0.2) is 29.1 Å². The molecule has 1 saturated carbocycles. The third-order valence-electron chi connectivity index (χ3n) is 4.14. The van der Waals surface area contributed by atoms with Crippen molar-refractivity contribution < 1.29 is 19.4 Å². The molecule has 5 nitrogen and oxygen atoms in total. The van der Waals surface area contributed by atoms with E-state index in [9.17, 15) is 14.7 Å². The maximum atomic E-state index is 11.9. The summed E-state index contributed by atoms with van der Waals surface area (Å²) < 4.78 is 6.48. The molecule has 0 spiro atoms. The van der Waals surface area contributed by atoms with Gasteiger partial charge in [0.2, 0.25) is 0 Å². The van der Waals surface area contributed by atoms with E-state index in [1.54, 1.807) is 6.07 Å². The second-order valence-electron chi connectivity index (χ2n) is 5.73. The van der Waals surface area contributed by atoms with Crippen LogP contribution in [0.15, 0.2) is 40.9 Å². The molecule has 2 aromatic rings. The van der Waals surface area contributed by atoms with Gasteiger partial charge in [-0.3, -0.25) is 4.79 Å². The summed E-state index contributed by atoms with van der Waals surface area (Å²) in [4.78, 5) is 23.2. The van der Waals surface area contributed by atoms with Crippen LogP contribution in [0.25, 0.3) is 10.8 Å². The zero-order valence-corrected chi connectivity index (χ0v) is 13.9. The molecular weight excluding hydrogens is 362 g/mol. The van der Waals surface area contributed by atoms with Crippen LogP contribution in [0.2, 0.25) is 0 Å². The average molecular weight is 378 g/mol. The first kappa shape index (κ1) is 15.8. The fourth-order valence-electron chi connectivity index (χ4n) is 2.66. The van der Waals surface area contributed by atoms with Gasteiger partial charge in [-0.1, -0.05) is 28.1 Å². The van der Waals surface area contributed by atoms with Gasteiger partial charge in [0.05, 0.1) is 0 Å². The number of aliphatic carboxylic acids is 1. The van der Waals surface area contributed by atoms with Crippen molar-refractivity contribution in [2.45, 2.75) is 24.8 Å². The minimum Gasteiger partial charge on any atom is -0.484 e. The molecule has 0 aromatic heterocycles. The van der Waals surface area contributed by atoms with Crippen LogP contribution in [0.3, 0.4) is 0 Å². The SMILES string of the molecule is O=C(COc1ccc2cc(Br)ccc2c1)NC1(C(=O)O)CCC1. The van der Waals surface area contributed by atoms with Crippen LogP contribution in [0.4, 0.5) is 0 Å². The number of fused-ring (bicyclic) bond motifs is 1. The Bertz CT molecular complexity index is 770. The van der Waals surface area contributed by atoms with E-state index in [1.165, 1.54) is 0 Å². The van der Waals surface area contributed by atoms with Gasteiger partial charge in [-0.05, 0) is 54.3 Å². The van der Waals surface area contributed by atoms with E-state index < -0.39 is 17.4 Å². The zero-order valence-electron chi connectivity index (χ0n) is 12.3. The smallest absolute Gasteiger partial charge is 0.329 e. The predicted octanol–water partition coefficient (Wildman–Crippen LogP) is 3.10. The molecule has 3 rings (SSSR count). The van der Waals surface area contributed by atoms with Crippen molar-refractivity contribution >= 4 is 38.6 Å². The molecule has 2 N–H and O–H groups in total. The Kier molecular flexibility index (Phi) is 4.26. The molecule has 0 unspecified atom stereocenters. The quantitative estimate of drug-likeness (QED) is 0.839. The fourth-order valence-corrected chi connectivity index (χ4v) is 3.04. The number of benzene rings is 2. The number of carbonyl (C=O) groups is 2. The number of ether oxygens (including phenoxy) is 1. The lowest BCUT2D eigenvalue weighted by Crippen LogP contribution is -2.59. The van der Waals surface area contributed by atoms with Gasteiger partial charge in [0, 0.05) is 4.47 Å². The highest BCUT2D eigenvalue weighted by molar-refractivity contribution is 9.10. The lowest BCUT2D eigenvalue weighted by molar-refractivity contribution is -0.152. The van der Waals surface area contributed by atoms with Crippen LogP contribution < -0.4 is 10.1 Å². The third kappa shape index (κ3) is 3.32. The molecule has 6 heteroatoms. The second-order valence-corrected chi connectivity index (χ2v) is 6.65. The van der Waals surface area contributed by atoms with Crippen molar-refractivity contribution in [3.63, 3.8) is 0 Å². The van der Waals surface area contributed by atoms with Gasteiger partial charge < -0.3 is 15.2 Å². The van der Waals surface area contributed by atoms with Gasteiger partial charge >= 0.3 is 5.97 Å². The van der Waals surface area contributed by atoms with E-state index in [0.29, 0.717) is 18.6 Å². The maximum Gasteiger partial charge on any atom is 0.329 e. The third-order valence-corrected chi connectivity index (χ3v) is 4.63. The molecule has 0 aliphatic heterocycles. The molecular formula is C17H16BrNO4. The van der Waals surface area contributed by atoms with Crippen molar-refractivity contribution in [1.82, 2.24) is 5.32 Å². The van der Waals surface area contributed by atoms with Crippen molar-refractivity contribution in [3.05, 3.63) is 40.9 Å².